The predicted octanol–water partition coefficient (Wildman–Crippen LogP) is 6.59. The number of aryl methyl sites for hydroxylation is 1. The van der Waals surface area contributed by atoms with E-state index in [9.17, 15) is 13.2 Å². The van der Waals surface area contributed by atoms with Crippen LogP contribution in [-0.2, 0) is 12.7 Å². The third-order valence-electron chi connectivity index (χ3n) is 4.53. The van der Waals surface area contributed by atoms with Crippen molar-refractivity contribution in [3.05, 3.63) is 82.4 Å². The molecule has 0 aliphatic rings. The minimum absolute atomic E-state index is 0.418. The lowest BCUT2D eigenvalue weighted by Gasteiger charge is -2.15. The second-order valence-corrected chi connectivity index (χ2v) is 6.68. The number of hydrogen-bond donors (Lipinski definition) is 1. The SMILES string of the molecule is C=C(NCc1ccc(C(F)(F)F)cc1)c1ccc(C)c(C(C)=C(C)C)c1. The normalized spacial score (nSPS) is 11.2. The van der Waals surface area contributed by atoms with Crippen LogP contribution in [0, 0.1) is 6.92 Å². The van der Waals surface area contributed by atoms with Crippen LogP contribution >= 0.6 is 0 Å². The molecule has 0 spiro atoms. The summed E-state index contributed by atoms with van der Waals surface area (Å²) in [5.74, 6) is 0. The first kappa shape index (κ1) is 19.8. The number of hydrogen-bond acceptors (Lipinski definition) is 1. The van der Waals surface area contributed by atoms with E-state index in [0.29, 0.717) is 6.54 Å². The van der Waals surface area contributed by atoms with Gasteiger partial charge < -0.3 is 5.32 Å². The Kier molecular flexibility index (Phi) is 5.96. The number of halogens is 3. The summed E-state index contributed by atoms with van der Waals surface area (Å²) in [6, 6.07) is 11.3. The van der Waals surface area contributed by atoms with Crippen molar-refractivity contribution >= 4 is 11.3 Å². The molecule has 138 valence electrons. The Morgan fingerprint density at radius 2 is 1.62 bits per heavy atom. The van der Waals surface area contributed by atoms with Crippen LogP contribution in [0.15, 0.2) is 54.6 Å². The van der Waals surface area contributed by atoms with Gasteiger partial charge in [-0.25, -0.2) is 0 Å². The summed E-state index contributed by atoms with van der Waals surface area (Å²) in [4.78, 5) is 0. The molecule has 4 heteroatoms. The van der Waals surface area contributed by atoms with Crippen LogP contribution in [0.2, 0.25) is 0 Å². The van der Waals surface area contributed by atoms with Gasteiger partial charge in [-0.3, -0.25) is 0 Å². The van der Waals surface area contributed by atoms with E-state index >= 15 is 0 Å². The summed E-state index contributed by atoms with van der Waals surface area (Å²) in [5, 5.41) is 3.20. The average Bonchev–Trinajstić information content (AvgIpc) is 2.59. The first-order chi connectivity index (χ1) is 12.1. The fourth-order valence-corrected chi connectivity index (χ4v) is 2.61. The van der Waals surface area contributed by atoms with Gasteiger partial charge >= 0.3 is 6.18 Å². The standard InChI is InChI=1S/C22H24F3N/c1-14(2)16(4)21-12-19(9-6-15(21)3)17(5)26-13-18-7-10-20(11-8-18)22(23,24)25/h6-12,26H,5,13H2,1-4H3. The minimum Gasteiger partial charge on any atom is -0.381 e. The van der Waals surface area contributed by atoms with Gasteiger partial charge in [0.2, 0.25) is 0 Å². The van der Waals surface area contributed by atoms with Crippen LogP contribution in [0.5, 0.6) is 0 Å². The molecule has 0 aliphatic carbocycles. The van der Waals surface area contributed by atoms with Crippen LogP contribution < -0.4 is 5.32 Å². The summed E-state index contributed by atoms with van der Waals surface area (Å²) in [6.07, 6.45) is -4.31. The topological polar surface area (TPSA) is 12.0 Å². The molecule has 0 unspecified atom stereocenters. The third kappa shape index (κ3) is 4.78. The smallest absolute Gasteiger partial charge is 0.381 e. The monoisotopic (exact) mass is 359 g/mol. The second kappa shape index (κ2) is 7.81. The molecule has 0 radical (unpaired) electrons. The maximum absolute atomic E-state index is 12.6. The number of rotatable bonds is 5. The highest BCUT2D eigenvalue weighted by molar-refractivity contribution is 5.73. The molecule has 2 rings (SSSR count). The van der Waals surface area contributed by atoms with Gasteiger partial charge in [0.05, 0.1) is 5.56 Å². The number of allylic oxidation sites excluding steroid dienone is 2. The fraction of sp³-hybridized carbons (Fsp3) is 0.273. The lowest BCUT2D eigenvalue weighted by atomic mass is 9.95. The molecule has 0 bridgehead atoms. The summed E-state index contributed by atoms with van der Waals surface area (Å²) < 4.78 is 37.8. The Balaban J connectivity index is 2.11. The zero-order chi connectivity index (χ0) is 19.5. The number of benzene rings is 2. The molecule has 2 aromatic rings. The minimum atomic E-state index is -4.31. The van der Waals surface area contributed by atoms with Gasteiger partial charge in [0.15, 0.2) is 0 Å². The highest BCUT2D eigenvalue weighted by atomic mass is 19.4. The highest BCUT2D eigenvalue weighted by Crippen LogP contribution is 2.29. The Morgan fingerprint density at radius 1 is 1.00 bits per heavy atom. The molecule has 0 aromatic heterocycles. The summed E-state index contributed by atoms with van der Waals surface area (Å²) in [7, 11) is 0. The predicted molar refractivity (Wildman–Crippen MR) is 102 cm³/mol. The first-order valence-corrected chi connectivity index (χ1v) is 8.44. The number of nitrogens with one attached hydrogen (secondary N) is 1. The molecule has 1 nitrogen and oxygen atoms in total. The van der Waals surface area contributed by atoms with Crippen LogP contribution in [-0.4, -0.2) is 0 Å². The molecule has 26 heavy (non-hydrogen) atoms. The largest absolute Gasteiger partial charge is 0.416 e. The van der Waals surface area contributed by atoms with Crippen molar-refractivity contribution in [2.75, 3.05) is 0 Å². The van der Waals surface area contributed by atoms with Crippen LogP contribution in [0.4, 0.5) is 13.2 Å². The van der Waals surface area contributed by atoms with Gasteiger partial charge in [0.1, 0.15) is 0 Å². The van der Waals surface area contributed by atoms with Gasteiger partial charge in [-0.1, -0.05) is 36.4 Å². The van der Waals surface area contributed by atoms with Crippen LogP contribution in [0.3, 0.4) is 0 Å². The van der Waals surface area contributed by atoms with Crippen molar-refractivity contribution in [3.63, 3.8) is 0 Å². The number of alkyl halides is 3. The molecule has 2 aromatic carbocycles. The molecule has 0 fully saturated rings. The highest BCUT2D eigenvalue weighted by Gasteiger charge is 2.29. The summed E-state index contributed by atoms with van der Waals surface area (Å²) in [6.45, 7) is 12.8. The quantitative estimate of drug-likeness (QED) is 0.635. The molecule has 0 heterocycles. The van der Waals surface area contributed by atoms with Gasteiger partial charge in [-0.15, -0.1) is 0 Å². The van der Waals surface area contributed by atoms with E-state index in [1.54, 1.807) is 0 Å². The Bertz CT molecular complexity index is 823. The van der Waals surface area contributed by atoms with Crippen molar-refractivity contribution < 1.29 is 13.2 Å². The second-order valence-electron chi connectivity index (χ2n) is 6.68. The van der Waals surface area contributed by atoms with Crippen molar-refractivity contribution in [3.8, 4) is 0 Å². The molecular weight excluding hydrogens is 335 g/mol. The Morgan fingerprint density at radius 3 is 2.15 bits per heavy atom. The van der Waals surface area contributed by atoms with E-state index in [4.69, 9.17) is 0 Å². The maximum atomic E-state index is 12.6. The molecule has 0 aliphatic heterocycles. The Hall–Kier alpha value is -2.49. The summed E-state index contributed by atoms with van der Waals surface area (Å²) in [5.41, 5.74) is 6.72. The van der Waals surface area contributed by atoms with E-state index in [2.05, 4.69) is 51.7 Å². The molecule has 1 N–H and O–H groups in total. The lowest BCUT2D eigenvalue weighted by molar-refractivity contribution is -0.137. The van der Waals surface area contributed by atoms with Crippen molar-refractivity contribution in [1.82, 2.24) is 5.32 Å². The molecule has 0 atom stereocenters. The molecule has 0 saturated carbocycles. The van der Waals surface area contributed by atoms with Crippen molar-refractivity contribution in [1.29, 1.82) is 0 Å². The molecule has 0 saturated heterocycles. The molecule has 0 amide bonds. The van der Waals surface area contributed by atoms with E-state index in [-0.39, 0.29) is 0 Å². The molecular formula is C22H24F3N. The van der Waals surface area contributed by atoms with E-state index in [1.165, 1.54) is 34.4 Å². The van der Waals surface area contributed by atoms with E-state index < -0.39 is 11.7 Å². The van der Waals surface area contributed by atoms with Crippen molar-refractivity contribution in [2.24, 2.45) is 0 Å². The van der Waals surface area contributed by atoms with Gasteiger partial charge in [-0.05, 0) is 73.7 Å². The first-order valence-electron chi connectivity index (χ1n) is 8.44. The van der Waals surface area contributed by atoms with Crippen molar-refractivity contribution in [2.45, 2.75) is 40.4 Å². The van der Waals surface area contributed by atoms with E-state index in [1.807, 2.05) is 6.07 Å². The third-order valence-corrected chi connectivity index (χ3v) is 4.53. The van der Waals surface area contributed by atoms with Gasteiger partial charge in [0, 0.05) is 12.2 Å². The zero-order valence-electron chi connectivity index (χ0n) is 15.6. The van der Waals surface area contributed by atoms with Crippen LogP contribution in [0.25, 0.3) is 11.3 Å². The van der Waals surface area contributed by atoms with E-state index in [0.717, 1.165) is 29.0 Å². The lowest BCUT2D eigenvalue weighted by Crippen LogP contribution is -2.12. The zero-order valence-corrected chi connectivity index (χ0v) is 15.6. The van der Waals surface area contributed by atoms with Crippen LogP contribution in [0.1, 0.15) is 48.6 Å². The van der Waals surface area contributed by atoms with Gasteiger partial charge in [0.25, 0.3) is 0 Å². The van der Waals surface area contributed by atoms with Gasteiger partial charge in [-0.2, -0.15) is 13.2 Å². The Labute approximate surface area is 153 Å². The summed E-state index contributed by atoms with van der Waals surface area (Å²) >= 11 is 0. The maximum Gasteiger partial charge on any atom is 0.416 e. The fourth-order valence-electron chi connectivity index (χ4n) is 2.61. The average molecular weight is 359 g/mol.